The van der Waals surface area contributed by atoms with Gasteiger partial charge in [-0.3, -0.25) is 0 Å². The van der Waals surface area contributed by atoms with Gasteiger partial charge in [0.05, 0.1) is 18.4 Å². The third-order valence-corrected chi connectivity index (χ3v) is 2.87. The standard InChI is InChI=1S/C15H13FN2O2S/c1-20-14(19)12-7-2-3-8-13(12)18-15(21)17-11-6-4-5-10(16)9-11/h2-9H,1H3,(H2,17,18,21). The van der Waals surface area contributed by atoms with Gasteiger partial charge in [-0.25, -0.2) is 9.18 Å². The third kappa shape index (κ3) is 4.00. The van der Waals surface area contributed by atoms with Crippen LogP contribution < -0.4 is 10.6 Å². The lowest BCUT2D eigenvalue weighted by atomic mass is 10.2. The molecule has 2 aromatic carbocycles. The first kappa shape index (κ1) is 14.9. The molecule has 108 valence electrons. The number of thiocarbonyl (C=S) groups is 1. The molecule has 0 unspecified atom stereocenters. The summed E-state index contributed by atoms with van der Waals surface area (Å²) in [5.74, 6) is -0.829. The van der Waals surface area contributed by atoms with Crippen molar-refractivity contribution in [2.75, 3.05) is 17.7 Å². The molecule has 2 rings (SSSR count). The lowest BCUT2D eigenvalue weighted by Crippen LogP contribution is -2.21. The molecule has 0 aliphatic rings. The second kappa shape index (κ2) is 6.81. The molecule has 0 aromatic heterocycles. The van der Waals surface area contributed by atoms with Gasteiger partial charge in [0.15, 0.2) is 5.11 Å². The SMILES string of the molecule is COC(=O)c1ccccc1NC(=S)Nc1cccc(F)c1. The van der Waals surface area contributed by atoms with Crippen molar-refractivity contribution in [1.82, 2.24) is 0 Å². The van der Waals surface area contributed by atoms with Crippen LogP contribution in [0.2, 0.25) is 0 Å². The number of benzene rings is 2. The molecule has 0 fully saturated rings. The Balaban J connectivity index is 2.11. The number of methoxy groups -OCH3 is 1. The molecule has 2 aromatic rings. The molecule has 0 bridgehead atoms. The molecule has 21 heavy (non-hydrogen) atoms. The first-order valence-electron chi connectivity index (χ1n) is 6.11. The Kier molecular flexibility index (Phi) is 4.84. The van der Waals surface area contributed by atoms with E-state index in [1.807, 2.05) is 0 Å². The number of hydrogen-bond acceptors (Lipinski definition) is 3. The van der Waals surface area contributed by atoms with Gasteiger partial charge in [-0.05, 0) is 42.5 Å². The maximum absolute atomic E-state index is 13.1. The van der Waals surface area contributed by atoms with E-state index in [4.69, 9.17) is 17.0 Å². The van der Waals surface area contributed by atoms with Gasteiger partial charge in [-0.15, -0.1) is 0 Å². The summed E-state index contributed by atoms with van der Waals surface area (Å²) in [7, 11) is 1.31. The molecule has 0 saturated heterocycles. The normalized spacial score (nSPS) is 9.81. The van der Waals surface area contributed by atoms with Gasteiger partial charge in [-0.2, -0.15) is 0 Å². The monoisotopic (exact) mass is 304 g/mol. The summed E-state index contributed by atoms with van der Waals surface area (Å²) >= 11 is 5.15. The number of rotatable bonds is 3. The van der Waals surface area contributed by atoms with Crippen LogP contribution >= 0.6 is 12.2 Å². The number of hydrogen-bond donors (Lipinski definition) is 2. The Labute approximate surface area is 126 Å². The average Bonchev–Trinajstić information content (AvgIpc) is 2.47. The number of carbonyl (C=O) groups excluding carboxylic acids is 1. The highest BCUT2D eigenvalue weighted by Gasteiger charge is 2.11. The topological polar surface area (TPSA) is 50.4 Å². The smallest absolute Gasteiger partial charge is 0.339 e. The predicted octanol–water partition coefficient (Wildman–Crippen LogP) is 3.42. The quantitative estimate of drug-likeness (QED) is 0.672. The molecule has 0 aliphatic carbocycles. The van der Waals surface area contributed by atoms with E-state index in [1.54, 1.807) is 36.4 Å². The first-order chi connectivity index (χ1) is 10.1. The van der Waals surface area contributed by atoms with Gasteiger partial charge >= 0.3 is 5.97 Å². The van der Waals surface area contributed by atoms with Crippen LogP contribution in [-0.4, -0.2) is 18.2 Å². The van der Waals surface area contributed by atoms with E-state index in [0.29, 0.717) is 16.9 Å². The summed E-state index contributed by atoms with van der Waals surface area (Å²) in [6, 6.07) is 12.7. The zero-order valence-corrected chi connectivity index (χ0v) is 12.0. The molecular weight excluding hydrogens is 291 g/mol. The van der Waals surface area contributed by atoms with E-state index in [0.717, 1.165) is 0 Å². The Hall–Kier alpha value is -2.47. The summed E-state index contributed by atoms with van der Waals surface area (Å²) < 4.78 is 17.8. The Bertz CT molecular complexity index is 676. The minimum absolute atomic E-state index is 0.247. The van der Waals surface area contributed by atoms with Crippen LogP contribution in [0.1, 0.15) is 10.4 Å². The van der Waals surface area contributed by atoms with Crippen molar-refractivity contribution in [2.45, 2.75) is 0 Å². The number of carbonyl (C=O) groups is 1. The summed E-state index contributed by atoms with van der Waals surface area (Å²) in [6.45, 7) is 0. The zero-order valence-electron chi connectivity index (χ0n) is 11.2. The van der Waals surface area contributed by atoms with Crippen LogP contribution in [0.15, 0.2) is 48.5 Å². The fourth-order valence-electron chi connectivity index (χ4n) is 1.73. The zero-order chi connectivity index (χ0) is 15.2. The molecule has 0 radical (unpaired) electrons. The van der Waals surface area contributed by atoms with E-state index in [2.05, 4.69) is 10.6 Å². The molecule has 0 spiro atoms. The van der Waals surface area contributed by atoms with Crippen LogP contribution in [0.4, 0.5) is 15.8 Å². The number of halogens is 1. The summed E-state index contributed by atoms with van der Waals surface area (Å²) in [5, 5.41) is 5.98. The maximum Gasteiger partial charge on any atom is 0.339 e. The number of esters is 1. The molecule has 0 saturated carbocycles. The Morgan fingerprint density at radius 3 is 2.62 bits per heavy atom. The summed E-state index contributed by atoms with van der Waals surface area (Å²) in [6.07, 6.45) is 0. The van der Waals surface area contributed by atoms with Gasteiger partial charge in [0.2, 0.25) is 0 Å². The predicted molar refractivity (Wildman–Crippen MR) is 84.0 cm³/mol. The number of ether oxygens (including phenoxy) is 1. The van der Waals surface area contributed by atoms with Crippen molar-refractivity contribution >= 4 is 34.7 Å². The highest BCUT2D eigenvalue weighted by atomic mass is 32.1. The van der Waals surface area contributed by atoms with Gasteiger partial charge in [-0.1, -0.05) is 18.2 Å². The summed E-state index contributed by atoms with van der Waals surface area (Å²) in [4.78, 5) is 11.6. The Morgan fingerprint density at radius 1 is 1.14 bits per heavy atom. The molecule has 4 nitrogen and oxygen atoms in total. The van der Waals surface area contributed by atoms with E-state index in [-0.39, 0.29) is 10.9 Å². The largest absolute Gasteiger partial charge is 0.465 e. The molecule has 2 N–H and O–H groups in total. The average molecular weight is 304 g/mol. The van der Waals surface area contributed by atoms with E-state index < -0.39 is 5.97 Å². The minimum Gasteiger partial charge on any atom is -0.465 e. The van der Waals surface area contributed by atoms with Crippen molar-refractivity contribution in [3.05, 3.63) is 59.9 Å². The van der Waals surface area contributed by atoms with Gasteiger partial charge < -0.3 is 15.4 Å². The fourth-order valence-corrected chi connectivity index (χ4v) is 1.96. The second-order valence-corrected chi connectivity index (χ2v) is 4.53. The lowest BCUT2D eigenvalue weighted by molar-refractivity contribution is 0.0602. The molecule has 6 heteroatoms. The van der Waals surface area contributed by atoms with E-state index >= 15 is 0 Å². The van der Waals surface area contributed by atoms with E-state index in [9.17, 15) is 9.18 Å². The first-order valence-corrected chi connectivity index (χ1v) is 6.52. The maximum atomic E-state index is 13.1. The van der Waals surface area contributed by atoms with Crippen LogP contribution in [-0.2, 0) is 4.74 Å². The van der Waals surface area contributed by atoms with E-state index in [1.165, 1.54) is 19.2 Å². The van der Waals surface area contributed by atoms with Crippen molar-refractivity contribution in [3.63, 3.8) is 0 Å². The van der Waals surface area contributed by atoms with Crippen LogP contribution in [0.25, 0.3) is 0 Å². The highest BCUT2D eigenvalue weighted by molar-refractivity contribution is 7.80. The molecule has 0 atom stereocenters. The second-order valence-electron chi connectivity index (χ2n) is 4.13. The van der Waals surface area contributed by atoms with Crippen LogP contribution in [0.5, 0.6) is 0 Å². The third-order valence-electron chi connectivity index (χ3n) is 2.66. The van der Waals surface area contributed by atoms with Crippen molar-refractivity contribution in [1.29, 1.82) is 0 Å². The molecule has 0 heterocycles. The van der Waals surface area contributed by atoms with Crippen molar-refractivity contribution < 1.29 is 13.9 Å². The number of nitrogens with one attached hydrogen (secondary N) is 2. The van der Waals surface area contributed by atoms with Crippen LogP contribution in [0.3, 0.4) is 0 Å². The minimum atomic E-state index is -0.466. The Morgan fingerprint density at radius 2 is 1.90 bits per heavy atom. The van der Waals surface area contributed by atoms with Crippen molar-refractivity contribution in [2.24, 2.45) is 0 Å². The van der Waals surface area contributed by atoms with Crippen molar-refractivity contribution in [3.8, 4) is 0 Å². The molecule has 0 aliphatic heterocycles. The van der Waals surface area contributed by atoms with Gasteiger partial charge in [0, 0.05) is 5.69 Å². The number of anilines is 2. The summed E-state index contributed by atoms with van der Waals surface area (Å²) in [5.41, 5.74) is 1.39. The molecule has 0 amide bonds. The van der Waals surface area contributed by atoms with Gasteiger partial charge in [0.1, 0.15) is 5.82 Å². The fraction of sp³-hybridized carbons (Fsp3) is 0.0667. The number of para-hydroxylation sites is 1. The van der Waals surface area contributed by atoms with Gasteiger partial charge in [0.25, 0.3) is 0 Å². The lowest BCUT2D eigenvalue weighted by Gasteiger charge is -2.13. The van der Waals surface area contributed by atoms with Crippen LogP contribution in [0, 0.1) is 5.82 Å². The molecular formula is C15H13FN2O2S. The highest BCUT2D eigenvalue weighted by Crippen LogP contribution is 2.17.